The minimum atomic E-state index is -0.533. The Hall–Kier alpha value is -1.29. The second-order valence-electron chi connectivity index (χ2n) is 4.64. The fraction of sp³-hybridized carbons (Fsp3) is 0.500. The molecule has 1 aliphatic rings. The summed E-state index contributed by atoms with van der Waals surface area (Å²) < 4.78 is 31.8. The predicted octanol–water partition coefficient (Wildman–Crippen LogP) is 3.04. The van der Waals surface area contributed by atoms with Gasteiger partial charge < -0.3 is 4.74 Å². The average molecular weight is 254 g/mol. The largest absolute Gasteiger partial charge is 0.378 e. The van der Waals surface area contributed by atoms with Crippen LogP contribution in [0.3, 0.4) is 0 Å². The summed E-state index contributed by atoms with van der Waals surface area (Å²) in [6, 6.07) is 3.18. The summed E-state index contributed by atoms with van der Waals surface area (Å²) in [5.41, 5.74) is 0.121. The van der Waals surface area contributed by atoms with Crippen molar-refractivity contribution in [1.29, 1.82) is 0 Å². The lowest BCUT2D eigenvalue weighted by molar-refractivity contribution is -0.122. The third kappa shape index (κ3) is 3.60. The average Bonchev–Trinajstić information content (AvgIpc) is 2.35. The molecular weight excluding hydrogens is 238 g/mol. The summed E-state index contributed by atoms with van der Waals surface area (Å²) in [7, 11) is 0. The highest BCUT2D eigenvalue weighted by Crippen LogP contribution is 2.18. The van der Waals surface area contributed by atoms with Crippen molar-refractivity contribution in [3.05, 3.63) is 35.4 Å². The SMILES string of the molecule is O=C(Cc1cc(F)ccc1F)CC1CCCCO1. The Morgan fingerprint density at radius 2 is 2.17 bits per heavy atom. The van der Waals surface area contributed by atoms with Crippen LogP contribution in [0.1, 0.15) is 31.2 Å². The summed E-state index contributed by atoms with van der Waals surface area (Å²) in [5.74, 6) is -1.16. The molecule has 0 aromatic heterocycles. The van der Waals surface area contributed by atoms with E-state index in [-0.39, 0.29) is 30.3 Å². The van der Waals surface area contributed by atoms with Crippen LogP contribution in [0, 0.1) is 11.6 Å². The van der Waals surface area contributed by atoms with Gasteiger partial charge in [-0.1, -0.05) is 0 Å². The number of hydrogen-bond acceptors (Lipinski definition) is 2. The molecule has 0 N–H and O–H groups in total. The zero-order valence-electron chi connectivity index (χ0n) is 10.1. The van der Waals surface area contributed by atoms with Gasteiger partial charge in [0.1, 0.15) is 17.4 Å². The van der Waals surface area contributed by atoms with E-state index in [2.05, 4.69) is 0 Å². The third-order valence-electron chi connectivity index (χ3n) is 3.12. The highest BCUT2D eigenvalue weighted by molar-refractivity contribution is 5.81. The van der Waals surface area contributed by atoms with Crippen LogP contribution in [0.4, 0.5) is 8.78 Å². The lowest BCUT2D eigenvalue weighted by Crippen LogP contribution is -2.23. The van der Waals surface area contributed by atoms with Gasteiger partial charge in [-0.25, -0.2) is 8.78 Å². The molecule has 1 unspecified atom stereocenters. The molecule has 18 heavy (non-hydrogen) atoms. The quantitative estimate of drug-likeness (QED) is 0.825. The number of ketones is 1. The molecule has 1 heterocycles. The molecule has 2 nitrogen and oxygen atoms in total. The van der Waals surface area contributed by atoms with E-state index in [1.54, 1.807) is 0 Å². The van der Waals surface area contributed by atoms with Crippen molar-refractivity contribution in [2.45, 2.75) is 38.2 Å². The lowest BCUT2D eigenvalue weighted by atomic mass is 10.00. The molecule has 1 aliphatic heterocycles. The minimum absolute atomic E-state index is 0.0529. The van der Waals surface area contributed by atoms with Crippen LogP contribution in [0.15, 0.2) is 18.2 Å². The molecule has 1 saturated heterocycles. The maximum Gasteiger partial charge on any atom is 0.139 e. The number of Topliss-reactive ketones (excluding diaryl/α,β-unsaturated/α-hetero) is 1. The normalized spacial score (nSPS) is 19.8. The zero-order valence-corrected chi connectivity index (χ0v) is 10.1. The van der Waals surface area contributed by atoms with E-state index in [0.717, 1.165) is 37.5 Å². The van der Waals surface area contributed by atoms with Gasteiger partial charge in [0, 0.05) is 19.4 Å². The highest BCUT2D eigenvalue weighted by Gasteiger charge is 2.18. The smallest absolute Gasteiger partial charge is 0.139 e. The van der Waals surface area contributed by atoms with E-state index in [0.29, 0.717) is 6.61 Å². The first-order valence-corrected chi connectivity index (χ1v) is 6.22. The summed E-state index contributed by atoms with van der Waals surface area (Å²) in [6.45, 7) is 0.687. The number of benzene rings is 1. The molecule has 0 bridgehead atoms. The first-order valence-electron chi connectivity index (χ1n) is 6.22. The summed E-state index contributed by atoms with van der Waals surface area (Å²) in [4.78, 5) is 11.8. The monoisotopic (exact) mass is 254 g/mol. The van der Waals surface area contributed by atoms with E-state index in [4.69, 9.17) is 4.74 Å². The summed E-state index contributed by atoms with van der Waals surface area (Å²) in [6.07, 6.45) is 3.13. The van der Waals surface area contributed by atoms with Gasteiger partial charge in [-0.3, -0.25) is 4.79 Å². The fourth-order valence-corrected chi connectivity index (χ4v) is 2.19. The fourth-order valence-electron chi connectivity index (χ4n) is 2.19. The first kappa shape index (κ1) is 13.1. The van der Waals surface area contributed by atoms with Crippen molar-refractivity contribution < 1.29 is 18.3 Å². The third-order valence-corrected chi connectivity index (χ3v) is 3.12. The minimum Gasteiger partial charge on any atom is -0.378 e. The van der Waals surface area contributed by atoms with Crippen LogP contribution in [0.25, 0.3) is 0 Å². The topological polar surface area (TPSA) is 26.3 Å². The molecule has 1 aromatic carbocycles. The Kier molecular flexibility index (Phi) is 4.42. The molecular formula is C14H16F2O2. The van der Waals surface area contributed by atoms with Gasteiger partial charge >= 0.3 is 0 Å². The number of ether oxygens (including phenoxy) is 1. The molecule has 0 saturated carbocycles. The second-order valence-corrected chi connectivity index (χ2v) is 4.64. The number of carbonyl (C=O) groups is 1. The molecule has 0 aliphatic carbocycles. The molecule has 1 fully saturated rings. The molecule has 1 atom stereocenters. The van der Waals surface area contributed by atoms with E-state index < -0.39 is 11.6 Å². The van der Waals surface area contributed by atoms with Crippen molar-refractivity contribution in [1.82, 2.24) is 0 Å². The first-order chi connectivity index (χ1) is 8.65. The number of hydrogen-bond donors (Lipinski definition) is 0. The van der Waals surface area contributed by atoms with Gasteiger partial charge in [-0.05, 0) is 43.0 Å². The van der Waals surface area contributed by atoms with E-state index in [1.165, 1.54) is 0 Å². The van der Waals surface area contributed by atoms with Gasteiger partial charge in [0.15, 0.2) is 0 Å². The van der Waals surface area contributed by atoms with Crippen molar-refractivity contribution in [3.63, 3.8) is 0 Å². The Morgan fingerprint density at radius 1 is 1.33 bits per heavy atom. The standard InChI is InChI=1S/C14H16F2O2/c15-11-4-5-14(16)10(7-11)8-12(17)9-13-3-1-2-6-18-13/h4-5,7,13H,1-3,6,8-9H2. The lowest BCUT2D eigenvalue weighted by Gasteiger charge is -2.21. The van der Waals surface area contributed by atoms with E-state index in [9.17, 15) is 13.6 Å². The second kappa shape index (κ2) is 6.05. The van der Waals surface area contributed by atoms with Crippen LogP contribution in [0.5, 0.6) is 0 Å². The summed E-state index contributed by atoms with van der Waals surface area (Å²) in [5, 5.41) is 0. The van der Waals surface area contributed by atoms with Crippen LogP contribution >= 0.6 is 0 Å². The molecule has 0 amide bonds. The van der Waals surface area contributed by atoms with Gasteiger partial charge in [-0.2, -0.15) is 0 Å². The molecule has 4 heteroatoms. The Labute approximate surface area is 105 Å². The number of carbonyl (C=O) groups excluding carboxylic acids is 1. The Balaban J connectivity index is 1.92. The highest BCUT2D eigenvalue weighted by atomic mass is 19.1. The zero-order chi connectivity index (χ0) is 13.0. The van der Waals surface area contributed by atoms with Crippen molar-refractivity contribution in [2.24, 2.45) is 0 Å². The molecule has 98 valence electrons. The maximum atomic E-state index is 13.4. The van der Waals surface area contributed by atoms with Crippen molar-refractivity contribution >= 4 is 5.78 Å². The Morgan fingerprint density at radius 3 is 2.89 bits per heavy atom. The Bertz CT molecular complexity index is 426. The van der Waals surface area contributed by atoms with Gasteiger partial charge in [-0.15, -0.1) is 0 Å². The van der Waals surface area contributed by atoms with Gasteiger partial charge in [0.2, 0.25) is 0 Å². The molecule has 0 spiro atoms. The van der Waals surface area contributed by atoms with Crippen molar-refractivity contribution in [2.75, 3.05) is 6.61 Å². The molecule has 0 radical (unpaired) electrons. The van der Waals surface area contributed by atoms with Crippen LogP contribution in [-0.4, -0.2) is 18.5 Å². The van der Waals surface area contributed by atoms with Crippen LogP contribution in [-0.2, 0) is 16.0 Å². The summed E-state index contributed by atoms with van der Waals surface area (Å²) >= 11 is 0. The molecule has 2 rings (SSSR count). The van der Waals surface area contributed by atoms with Crippen LogP contribution < -0.4 is 0 Å². The van der Waals surface area contributed by atoms with E-state index >= 15 is 0 Å². The van der Waals surface area contributed by atoms with Gasteiger partial charge in [0.25, 0.3) is 0 Å². The number of rotatable bonds is 4. The van der Waals surface area contributed by atoms with Gasteiger partial charge in [0.05, 0.1) is 6.10 Å². The van der Waals surface area contributed by atoms with Crippen LogP contribution in [0.2, 0.25) is 0 Å². The number of halogens is 2. The predicted molar refractivity (Wildman–Crippen MR) is 63.3 cm³/mol. The van der Waals surface area contributed by atoms with Crippen molar-refractivity contribution in [3.8, 4) is 0 Å². The molecule has 1 aromatic rings. The maximum absolute atomic E-state index is 13.4. The van der Waals surface area contributed by atoms with E-state index in [1.807, 2.05) is 0 Å².